The van der Waals surface area contributed by atoms with Crippen molar-refractivity contribution < 1.29 is 17.9 Å². The molecule has 0 bridgehead atoms. The number of anilines is 1. The smallest absolute Gasteiger partial charge is 0.262 e. The molecular formula is C21H26N2O4S. The van der Waals surface area contributed by atoms with Crippen LogP contribution in [0.2, 0.25) is 0 Å². The van der Waals surface area contributed by atoms with Crippen LogP contribution in [0.15, 0.2) is 47.4 Å². The molecule has 2 aromatic rings. The van der Waals surface area contributed by atoms with Gasteiger partial charge in [-0.05, 0) is 62.1 Å². The zero-order valence-corrected chi connectivity index (χ0v) is 17.0. The Bertz CT molecular complexity index is 913. The molecule has 1 fully saturated rings. The maximum atomic E-state index is 12.4. The van der Waals surface area contributed by atoms with Gasteiger partial charge >= 0.3 is 0 Å². The Kier molecular flexibility index (Phi) is 6.36. The molecule has 1 amide bonds. The predicted octanol–water partition coefficient (Wildman–Crippen LogP) is 3.54. The van der Waals surface area contributed by atoms with Crippen molar-refractivity contribution in [2.75, 3.05) is 11.9 Å². The predicted molar refractivity (Wildman–Crippen MR) is 109 cm³/mol. The number of carbonyl (C=O) groups excluding carboxylic acids is 1. The Labute approximate surface area is 166 Å². The average Bonchev–Trinajstić information content (AvgIpc) is 3.16. The first-order valence-corrected chi connectivity index (χ1v) is 10.9. The number of carbonyl (C=O) groups is 1. The molecule has 0 aromatic heterocycles. The van der Waals surface area contributed by atoms with Gasteiger partial charge < -0.3 is 10.1 Å². The lowest BCUT2D eigenvalue weighted by Gasteiger charge is -2.13. The molecule has 0 heterocycles. The third-order valence-corrected chi connectivity index (χ3v) is 6.46. The van der Waals surface area contributed by atoms with Crippen LogP contribution in [-0.2, 0) is 14.8 Å². The highest BCUT2D eigenvalue weighted by Crippen LogP contribution is 2.22. The highest BCUT2D eigenvalue weighted by atomic mass is 32.2. The molecule has 0 spiro atoms. The molecule has 0 saturated heterocycles. The summed E-state index contributed by atoms with van der Waals surface area (Å²) in [5, 5.41) is 2.85. The van der Waals surface area contributed by atoms with Gasteiger partial charge in [0.05, 0.1) is 4.90 Å². The Morgan fingerprint density at radius 3 is 2.25 bits per heavy atom. The van der Waals surface area contributed by atoms with Crippen molar-refractivity contribution in [2.24, 2.45) is 0 Å². The van der Waals surface area contributed by atoms with Crippen LogP contribution in [0.25, 0.3) is 0 Å². The number of benzene rings is 2. The Balaban J connectivity index is 1.56. The van der Waals surface area contributed by atoms with Crippen LogP contribution in [0.3, 0.4) is 0 Å². The maximum absolute atomic E-state index is 12.4. The van der Waals surface area contributed by atoms with Gasteiger partial charge in [0.2, 0.25) is 10.0 Å². The number of nitrogens with one attached hydrogen (secondary N) is 2. The van der Waals surface area contributed by atoms with Crippen molar-refractivity contribution in [2.45, 2.75) is 50.5 Å². The summed E-state index contributed by atoms with van der Waals surface area (Å²) in [5.41, 5.74) is 2.76. The van der Waals surface area contributed by atoms with Crippen molar-refractivity contribution in [3.8, 4) is 5.75 Å². The molecule has 0 atom stereocenters. The van der Waals surface area contributed by atoms with Gasteiger partial charge in [0.15, 0.2) is 6.61 Å². The van der Waals surface area contributed by atoms with E-state index in [1.54, 1.807) is 12.1 Å². The molecular weight excluding hydrogens is 376 g/mol. The number of hydrogen-bond donors (Lipinski definition) is 2. The van der Waals surface area contributed by atoms with Gasteiger partial charge in [-0.3, -0.25) is 4.79 Å². The Hall–Kier alpha value is -2.38. The van der Waals surface area contributed by atoms with Crippen LogP contribution < -0.4 is 14.8 Å². The van der Waals surface area contributed by atoms with Crippen LogP contribution in [0.5, 0.6) is 5.75 Å². The summed E-state index contributed by atoms with van der Waals surface area (Å²) in [4.78, 5) is 12.4. The molecule has 1 aliphatic rings. The fraction of sp³-hybridized carbons (Fsp3) is 0.381. The molecule has 28 heavy (non-hydrogen) atoms. The second-order valence-corrected chi connectivity index (χ2v) is 8.89. The molecule has 2 aromatic carbocycles. The zero-order valence-electron chi connectivity index (χ0n) is 16.2. The fourth-order valence-corrected chi connectivity index (χ4v) is 4.69. The van der Waals surface area contributed by atoms with Gasteiger partial charge in [0.1, 0.15) is 5.75 Å². The molecule has 7 heteroatoms. The summed E-state index contributed by atoms with van der Waals surface area (Å²) in [7, 11) is -3.53. The van der Waals surface area contributed by atoms with E-state index in [0.29, 0.717) is 5.75 Å². The summed E-state index contributed by atoms with van der Waals surface area (Å²) in [6, 6.07) is 11.9. The van der Waals surface area contributed by atoms with Crippen LogP contribution in [0.4, 0.5) is 5.69 Å². The van der Waals surface area contributed by atoms with E-state index in [4.69, 9.17) is 4.74 Å². The topological polar surface area (TPSA) is 84.5 Å². The number of para-hydroxylation sites is 1. The third kappa shape index (κ3) is 5.11. The summed E-state index contributed by atoms with van der Waals surface area (Å²) in [6.07, 6.45) is 3.89. The molecule has 6 nitrogen and oxygen atoms in total. The summed E-state index contributed by atoms with van der Waals surface area (Å²) in [6.45, 7) is 3.71. The lowest BCUT2D eigenvalue weighted by molar-refractivity contribution is -0.118. The molecule has 0 unspecified atom stereocenters. The third-order valence-electron chi connectivity index (χ3n) is 4.93. The first kappa shape index (κ1) is 20.4. The number of amides is 1. The van der Waals surface area contributed by atoms with E-state index in [9.17, 15) is 13.2 Å². The minimum atomic E-state index is -3.53. The first-order valence-electron chi connectivity index (χ1n) is 9.46. The number of rotatable bonds is 7. The van der Waals surface area contributed by atoms with E-state index >= 15 is 0 Å². The highest BCUT2D eigenvalue weighted by Gasteiger charge is 2.22. The minimum absolute atomic E-state index is 0.0227. The Morgan fingerprint density at radius 2 is 1.64 bits per heavy atom. The van der Waals surface area contributed by atoms with Gasteiger partial charge in [-0.1, -0.05) is 31.0 Å². The molecule has 0 aliphatic heterocycles. The average molecular weight is 403 g/mol. The van der Waals surface area contributed by atoms with Crippen molar-refractivity contribution in [1.82, 2.24) is 4.72 Å². The normalized spacial score (nSPS) is 14.8. The van der Waals surface area contributed by atoms with E-state index < -0.39 is 10.0 Å². The minimum Gasteiger partial charge on any atom is -0.484 e. The molecule has 1 aliphatic carbocycles. The monoisotopic (exact) mass is 402 g/mol. The second-order valence-electron chi connectivity index (χ2n) is 7.18. The van der Waals surface area contributed by atoms with Gasteiger partial charge in [0, 0.05) is 11.7 Å². The van der Waals surface area contributed by atoms with E-state index in [1.165, 1.54) is 12.1 Å². The highest BCUT2D eigenvalue weighted by molar-refractivity contribution is 7.89. The first-order chi connectivity index (χ1) is 13.3. The number of hydrogen-bond acceptors (Lipinski definition) is 4. The molecule has 2 N–H and O–H groups in total. The SMILES string of the molecule is Cc1cccc(C)c1NC(=O)COc1ccc(S(=O)(=O)NC2CCCC2)cc1. The van der Waals surface area contributed by atoms with Crippen molar-refractivity contribution >= 4 is 21.6 Å². The van der Waals surface area contributed by atoms with Crippen LogP contribution in [0.1, 0.15) is 36.8 Å². The number of aryl methyl sites for hydroxylation is 2. The zero-order chi connectivity index (χ0) is 20.1. The maximum Gasteiger partial charge on any atom is 0.262 e. The Morgan fingerprint density at radius 1 is 1.04 bits per heavy atom. The molecule has 1 saturated carbocycles. The standard InChI is InChI=1S/C21H26N2O4S/c1-15-6-5-7-16(2)21(15)22-20(24)14-27-18-10-12-19(13-11-18)28(25,26)23-17-8-3-4-9-17/h5-7,10-13,17,23H,3-4,8-9,14H2,1-2H3,(H,22,24). The van der Waals surface area contributed by atoms with Crippen LogP contribution in [0, 0.1) is 13.8 Å². The van der Waals surface area contributed by atoms with E-state index in [-0.39, 0.29) is 23.5 Å². The molecule has 0 radical (unpaired) electrons. The van der Waals surface area contributed by atoms with E-state index in [2.05, 4.69) is 10.0 Å². The van der Waals surface area contributed by atoms with Crippen molar-refractivity contribution in [3.05, 3.63) is 53.6 Å². The summed E-state index contributed by atoms with van der Waals surface area (Å²) < 4.78 is 33.1. The van der Waals surface area contributed by atoms with Gasteiger partial charge in [-0.2, -0.15) is 0 Å². The van der Waals surface area contributed by atoms with E-state index in [0.717, 1.165) is 42.5 Å². The fourth-order valence-electron chi connectivity index (χ4n) is 3.38. The molecule has 150 valence electrons. The summed E-state index contributed by atoms with van der Waals surface area (Å²) in [5.74, 6) is 0.175. The van der Waals surface area contributed by atoms with Crippen LogP contribution >= 0.6 is 0 Å². The van der Waals surface area contributed by atoms with E-state index in [1.807, 2.05) is 32.0 Å². The lowest BCUT2D eigenvalue weighted by Crippen LogP contribution is -2.32. The quantitative estimate of drug-likeness (QED) is 0.742. The number of sulfonamides is 1. The molecule has 3 rings (SSSR count). The van der Waals surface area contributed by atoms with Crippen molar-refractivity contribution in [3.63, 3.8) is 0 Å². The van der Waals surface area contributed by atoms with Gasteiger partial charge in [-0.25, -0.2) is 13.1 Å². The summed E-state index contributed by atoms with van der Waals surface area (Å²) >= 11 is 0. The lowest BCUT2D eigenvalue weighted by atomic mass is 10.1. The van der Waals surface area contributed by atoms with Crippen molar-refractivity contribution in [1.29, 1.82) is 0 Å². The largest absolute Gasteiger partial charge is 0.484 e. The van der Waals surface area contributed by atoms with Gasteiger partial charge in [0.25, 0.3) is 5.91 Å². The second kappa shape index (κ2) is 8.75. The number of ether oxygens (including phenoxy) is 1. The van der Waals surface area contributed by atoms with Gasteiger partial charge in [-0.15, -0.1) is 0 Å². The van der Waals surface area contributed by atoms with Crippen LogP contribution in [-0.4, -0.2) is 27.0 Å².